The first-order chi connectivity index (χ1) is 4.29. The number of hydrogen-bond donors (Lipinski definition) is 1. The molecule has 1 rings (SSSR count). The second-order valence-corrected chi connectivity index (χ2v) is 1.81. The highest BCUT2D eigenvalue weighted by atomic mass is 19.1. The number of hydrogen-bond acceptors (Lipinski definition) is 1. The largest absolute Gasteiger partial charge is 0.508 e. The van der Waals surface area contributed by atoms with Crippen LogP contribution in [-0.2, 0) is 0 Å². The number of aliphatic hydroxyl groups is 1. The van der Waals surface area contributed by atoms with Gasteiger partial charge in [-0.2, -0.15) is 0 Å². The summed E-state index contributed by atoms with van der Waals surface area (Å²) in [4.78, 5) is 0. The van der Waals surface area contributed by atoms with Crippen molar-refractivity contribution in [3.05, 3.63) is 35.9 Å². The molecule has 0 amide bonds. The molecule has 0 aliphatic heterocycles. The van der Waals surface area contributed by atoms with Gasteiger partial charge in [-0.25, -0.2) is 4.39 Å². The minimum Gasteiger partial charge on any atom is -0.508 e. The Morgan fingerprint density at radius 3 is 3.00 bits per heavy atom. The van der Waals surface area contributed by atoms with E-state index in [1.54, 1.807) is 6.08 Å². The van der Waals surface area contributed by atoms with Crippen LogP contribution in [0, 0.1) is 0 Å². The van der Waals surface area contributed by atoms with E-state index in [0.717, 1.165) is 0 Å². The average Bonchev–Trinajstić information content (AvgIpc) is 1.97. The Balaban J connectivity index is 2.80. The Labute approximate surface area is 52.8 Å². The maximum atomic E-state index is 12.3. The molecule has 0 radical (unpaired) electrons. The quantitative estimate of drug-likeness (QED) is 0.527. The summed E-state index contributed by atoms with van der Waals surface area (Å²) in [6.07, 6.45) is 5.92. The molecular weight excluding hydrogens is 119 g/mol. The van der Waals surface area contributed by atoms with Crippen LogP contribution in [0.3, 0.4) is 0 Å². The van der Waals surface area contributed by atoms with Gasteiger partial charge in [-0.3, -0.25) is 0 Å². The fraction of sp³-hybridized carbons (Fsp3) is 0.143. The van der Waals surface area contributed by atoms with E-state index in [1.165, 1.54) is 18.2 Å². The zero-order valence-corrected chi connectivity index (χ0v) is 4.84. The summed E-state index contributed by atoms with van der Waals surface area (Å²) in [5.41, 5.74) is 0. The molecule has 0 saturated heterocycles. The number of halogens is 1. The van der Waals surface area contributed by atoms with Crippen LogP contribution < -0.4 is 0 Å². The van der Waals surface area contributed by atoms with Crippen molar-refractivity contribution in [3.8, 4) is 0 Å². The van der Waals surface area contributed by atoms with Gasteiger partial charge < -0.3 is 5.11 Å². The van der Waals surface area contributed by atoms with Gasteiger partial charge in [0, 0.05) is 6.42 Å². The normalized spacial score (nSPS) is 18.3. The lowest BCUT2D eigenvalue weighted by atomic mass is 10.3. The molecule has 0 fully saturated rings. The molecular formula is C7H7FO. The maximum absolute atomic E-state index is 12.3. The zero-order valence-electron chi connectivity index (χ0n) is 4.84. The highest BCUT2D eigenvalue weighted by Gasteiger charge is 1.93. The standard InChI is InChI=1S/C7H7FO/c8-6-2-1-3-7(9)5-4-6/h1,3-5,9H,2H2. The minimum absolute atomic E-state index is 0.0997. The van der Waals surface area contributed by atoms with E-state index < -0.39 is 0 Å². The molecule has 48 valence electrons. The second-order valence-electron chi connectivity index (χ2n) is 1.81. The smallest absolute Gasteiger partial charge is 0.115 e. The van der Waals surface area contributed by atoms with Crippen molar-refractivity contribution >= 4 is 0 Å². The Kier molecular flexibility index (Phi) is 1.68. The van der Waals surface area contributed by atoms with E-state index in [4.69, 9.17) is 5.11 Å². The van der Waals surface area contributed by atoms with Crippen LogP contribution in [0.1, 0.15) is 6.42 Å². The Morgan fingerprint density at radius 2 is 2.22 bits per heavy atom. The van der Waals surface area contributed by atoms with E-state index >= 15 is 0 Å². The van der Waals surface area contributed by atoms with Gasteiger partial charge >= 0.3 is 0 Å². The molecule has 0 bridgehead atoms. The molecule has 0 aromatic carbocycles. The lowest BCUT2D eigenvalue weighted by Crippen LogP contribution is -1.66. The van der Waals surface area contributed by atoms with Crippen LogP contribution >= 0.6 is 0 Å². The van der Waals surface area contributed by atoms with Crippen molar-refractivity contribution in [1.29, 1.82) is 0 Å². The van der Waals surface area contributed by atoms with Crippen molar-refractivity contribution in [2.45, 2.75) is 6.42 Å². The van der Waals surface area contributed by atoms with Crippen molar-refractivity contribution in [2.24, 2.45) is 0 Å². The van der Waals surface area contributed by atoms with Crippen LogP contribution in [0.15, 0.2) is 35.9 Å². The summed E-state index contributed by atoms with van der Waals surface area (Å²) in [6, 6.07) is 0. The van der Waals surface area contributed by atoms with Gasteiger partial charge in [0.1, 0.15) is 11.6 Å². The first-order valence-electron chi connectivity index (χ1n) is 2.71. The van der Waals surface area contributed by atoms with Gasteiger partial charge in [-0.15, -0.1) is 0 Å². The van der Waals surface area contributed by atoms with E-state index in [2.05, 4.69) is 0 Å². The molecule has 0 spiro atoms. The van der Waals surface area contributed by atoms with E-state index in [1.807, 2.05) is 0 Å². The van der Waals surface area contributed by atoms with E-state index in [9.17, 15) is 4.39 Å². The summed E-state index contributed by atoms with van der Waals surface area (Å²) in [6.45, 7) is 0. The van der Waals surface area contributed by atoms with Crippen LogP contribution in [-0.4, -0.2) is 5.11 Å². The van der Waals surface area contributed by atoms with Gasteiger partial charge in [-0.05, 0) is 18.2 Å². The molecule has 1 nitrogen and oxygen atoms in total. The molecule has 1 aliphatic carbocycles. The summed E-state index contributed by atoms with van der Waals surface area (Å²) >= 11 is 0. The van der Waals surface area contributed by atoms with Crippen molar-refractivity contribution < 1.29 is 9.50 Å². The SMILES string of the molecule is OC1=CC=C(F)CC=C1. The third-order valence-corrected chi connectivity index (χ3v) is 1.04. The van der Waals surface area contributed by atoms with Gasteiger partial charge in [0.05, 0.1) is 0 Å². The molecule has 0 aromatic heterocycles. The monoisotopic (exact) mass is 126 g/mol. The number of allylic oxidation sites excluding steroid dienone is 5. The average molecular weight is 126 g/mol. The fourth-order valence-electron chi connectivity index (χ4n) is 0.592. The lowest BCUT2D eigenvalue weighted by Gasteiger charge is -1.81. The molecule has 9 heavy (non-hydrogen) atoms. The minimum atomic E-state index is -0.227. The Bertz CT molecular complexity index is 189. The highest BCUT2D eigenvalue weighted by Crippen LogP contribution is 2.09. The van der Waals surface area contributed by atoms with Crippen LogP contribution in [0.4, 0.5) is 4.39 Å². The third kappa shape index (κ3) is 1.72. The molecule has 0 heterocycles. The van der Waals surface area contributed by atoms with Gasteiger partial charge in [0.2, 0.25) is 0 Å². The van der Waals surface area contributed by atoms with Crippen LogP contribution in [0.25, 0.3) is 0 Å². The zero-order chi connectivity index (χ0) is 6.69. The first kappa shape index (κ1) is 6.08. The topological polar surface area (TPSA) is 20.2 Å². The highest BCUT2D eigenvalue weighted by molar-refractivity contribution is 5.23. The molecule has 0 saturated carbocycles. The van der Waals surface area contributed by atoms with Crippen LogP contribution in [0.2, 0.25) is 0 Å². The van der Waals surface area contributed by atoms with Crippen LogP contribution in [0.5, 0.6) is 0 Å². The predicted molar refractivity (Wildman–Crippen MR) is 33.7 cm³/mol. The van der Waals surface area contributed by atoms with Crippen molar-refractivity contribution in [2.75, 3.05) is 0 Å². The summed E-state index contributed by atoms with van der Waals surface area (Å²) in [5, 5.41) is 8.77. The molecule has 1 aliphatic rings. The Morgan fingerprint density at radius 1 is 1.44 bits per heavy atom. The first-order valence-corrected chi connectivity index (χ1v) is 2.71. The Hall–Kier alpha value is -1.05. The lowest BCUT2D eigenvalue weighted by molar-refractivity contribution is 0.432. The van der Waals surface area contributed by atoms with Crippen molar-refractivity contribution in [3.63, 3.8) is 0 Å². The van der Waals surface area contributed by atoms with Gasteiger partial charge in [0.15, 0.2) is 0 Å². The molecule has 0 atom stereocenters. The predicted octanol–water partition coefficient (Wildman–Crippen LogP) is 2.24. The molecule has 1 N–H and O–H groups in total. The number of aliphatic hydroxyl groups excluding tert-OH is 1. The van der Waals surface area contributed by atoms with E-state index in [-0.39, 0.29) is 18.0 Å². The second kappa shape index (κ2) is 2.49. The van der Waals surface area contributed by atoms with Gasteiger partial charge in [-0.1, -0.05) is 6.08 Å². The summed E-state index contributed by atoms with van der Waals surface area (Å²) < 4.78 is 12.3. The summed E-state index contributed by atoms with van der Waals surface area (Å²) in [7, 11) is 0. The van der Waals surface area contributed by atoms with Gasteiger partial charge in [0.25, 0.3) is 0 Å². The number of rotatable bonds is 0. The third-order valence-electron chi connectivity index (χ3n) is 1.04. The van der Waals surface area contributed by atoms with E-state index in [0.29, 0.717) is 0 Å². The van der Waals surface area contributed by atoms with Crippen molar-refractivity contribution in [1.82, 2.24) is 0 Å². The molecule has 0 unspecified atom stereocenters. The molecule has 2 heteroatoms. The summed E-state index contributed by atoms with van der Waals surface area (Å²) in [5.74, 6) is -0.127. The fourth-order valence-corrected chi connectivity index (χ4v) is 0.592. The molecule has 0 aromatic rings. The maximum Gasteiger partial charge on any atom is 0.115 e.